The second-order valence-corrected chi connectivity index (χ2v) is 6.15. The van der Waals surface area contributed by atoms with Crippen LogP contribution in [0.15, 0.2) is 22.9 Å². The fourth-order valence-electron chi connectivity index (χ4n) is 2.56. The fourth-order valence-corrected chi connectivity index (χ4v) is 2.93. The van der Waals surface area contributed by atoms with Crippen molar-refractivity contribution in [2.45, 2.75) is 33.6 Å². The molecule has 112 valence electrons. The highest BCUT2D eigenvalue weighted by molar-refractivity contribution is 9.10. The van der Waals surface area contributed by atoms with Gasteiger partial charge in [0.25, 0.3) is 0 Å². The molecule has 21 heavy (non-hydrogen) atoms. The Hall–Kier alpha value is -1.33. The van der Waals surface area contributed by atoms with Crippen molar-refractivity contribution in [2.24, 2.45) is 0 Å². The topological polar surface area (TPSA) is 50.7 Å². The molecule has 1 atom stereocenters. The molecule has 0 spiro atoms. The lowest BCUT2D eigenvalue weighted by Crippen LogP contribution is -2.21. The number of hydrogen-bond donors (Lipinski definition) is 1. The first-order valence-corrected chi connectivity index (χ1v) is 7.99. The van der Waals surface area contributed by atoms with Crippen molar-refractivity contribution in [1.82, 2.24) is 20.3 Å². The minimum Gasteiger partial charge on any atom is -0.316 e. The lowest BCUT2D eigenvalue weighted by molar-refractivity contribution is 0.624. The van der Waals surface area contributed by atoms with Crippen LogP contribution in [0.1, 0.15) is 36.7 Å². The van der Waals surface area contributed by atoms with E-state index in [-0.39, 0.29) is 0 Å². The van der Waals surface area contributed by atoms with Crippen LogP contribution in [0.25, 0.3) is 11.4 Å². The zero-order valence-electron chi connectivity index (χ0n) is 12.9. The highest BCUT2D eigenvalue weighted by Gasteiger charge is 2.15. The average molecular weight is 349 g/mol. The van der Waals surface area contributed by atoms with Crippen molar-refractivity contribution in [1.29, 1.82) is 0 Å². The minimum absolute atomic E-state index is 0.402. The second-order valence-electron chi connectivity index (χ2n) is 5.23. The molecule has 0 aliphatic heterocycles. The van der Waals surface area contributed by atoms with Crippen LogP contribution in [0.2, 0.25) is 0 Å². The van der Waals surface area contributed by atoms with Gasteiger partial charge in [-0.3, -0.25) is 4.98 Å². The predicted molar refractivity (Wildman–Crippen MR) is 89.4 cm³/mol. The summed E-state index contributed by atoms with van der Waals surface area (Å²) in [7, 11) is 0. The van der Waals surface area contributed by atoms with Gasteiger partial charge in [-0.2, -0.15) is 0 Å². The maximum atomic E-state index is 4.67. The maximum absolute atomic E-state index is 4.67. The van der Waals surface area contributed by atoms with Crippen LogP contribution >= 0.6 is 15.9 Å². The first-order valence-electron chi connectivity index (χ1n) is 7.19. The minimum atomic E-state index is 0.402. The molecule has 1 N–H and O–H groups in total. The lowest BCUT2D eigenvalue weighted by atomic mass is 9.97. The quantitative estimate of drug-likeness (QED) is 0.896. The molecular formula is C16H21BrN4. The molecule has 0 aliphatic carbocycles. The van der Waals surface area contributed by atoms with E-state index in [2.05, 4.69) is 63.9 Å². The standard InChI is InChI=1S/C16H21BrN4/c1-5-18-7-10(2)15-11(3)20-16(21-12(15)4)13-6-14(17)9-19-8-13/h6,8-10,18H,5,7H2,1-4H3. The van der Waals surface area contributed by atoms with Crippen molar-refractivity contribution in [3.8, 4) is 11.4 Å². The van der Waals surface area contributed by atoms with E-state index in [9.17, 15) is 0 Å². The number of pyridine rings is 1. The molecule has 0 aliphatic rings. The number of aryl methyl sites for hydroxylation is 2. The lowest BCUT2D eigenvalue weighted by Gasteiger charge is -2.17. The summed E-state index contributed by atoms with van der Waals surface area (Å²) < 4.78 is 0.934. The van der Waals surface area contributed by atoms with Crippen LogP contribution < -0.4 is 5.32 Å². The van der Waals surface area contributed by atoms with Crippen molar-refractivity contribution in [2.75, 3.05) is 13.1 Å². The molecule has 2 rings (SSSR count). The van der Waals surface area contributed by atoms with Crippen LogP contribution in [0.3, 0.4) is 0 Å². The van der Waals surface area contributed by atoms with E-state index in [1.165, 1.54) is 5.56 Å². The molecule has 0 saturated heterocycles. The normalized spacial score (nSPS) is 12.4. The van der Waals surface area contributed by atoms with Crippen molar-refractivity contribution in [3.05, 3.63) is 39.9 Å². The Kier molecular flexibility index (Phi) is 5.42. The van der Waals surface area contributed by atoms with Gasteiger partial charge in [-0.05, 0) is 53.9 Å². The summed E-state index contributed by atoms with van der Waals surface area (Å²) in [5.41, 5.74) is 4.26. The number of hydrogen-bond acceptors (Lipinski definition) is 4. The van der Waals surface area contributed by atoms with Gasteiger partial charge in [0.1, 0.15) is 0 Å². The number of nitrogens with zero attached hydrogens (tertiary/aromatic N) is 3. The third kappa shape index (κ3) is 3.86. The average Bonchev–Trinajstić information content (AvgIpc) is 2.44. The molecule has 1 unspecified atom stereocenters. The van der Waals surface area contributed by atoms with E-state index in [0.717, 1.165) is 40.3 Å². The van der Waals surface area contributed by atoms with Gasteiger partial charge in [0.05, 0.1) is 0 Å². The van der Waals surface area contributed by atoms with Crippen LogP contribution in [0.5, 0.6) is 0 Å². The third-order valence-electron chi connectivity index (χ3n) is 3.48. The Morgan fingerprint density at radius 1 is 1.19 bits per heavy atom. The van der Waals surface area contributed by atoms with Gasteiger partial charge in [0.15, 0.2) is 5.82 Å². The van der Waals surface area contributed by atoms with Gasteiger partial charge in [0, 0.05) is 40.4 Å². The number of likely N-dealkylation sites (N-methyl/N-ethyl adjacent to an activating group) is 1. The Morgan fingerprint density at radius 2 is 1.86 bits per heavy atom. The molecule has 0 radical (unpaired) electrons. The summed E-state index contributed by atoms with van der Waals surface area (Å²) in [6, 6.07) is 1.99. The highest BCUT2D eigenvalue weighted by Crippen LogP contribution is 2.25. The van der Waals surface area contributed by atoms with E-state index in [1.807, 2.05) is 6.07 Å². The number of nitrogens with one attached hydrogen (secondary N) is 1. The van der Waals surface area contributed by atoms with Crippen molar-refractivity contribution >= 4 is 15.9 Å². The Balaban J connectivity index is 2.37. The molecule has 2 heterocycles. The van der Waals surface area contributed by atoms with E-state index in [0.29, 0.717) is 5.92 Å². The molecule has 0 bridgehead atoms. The van der Waals surface area contributed by atoms with Crippen LogP contribution in [0, 0.1) is 13.8 Å². The van der Waals surface area contributed by atoms with Gasteiger partial charge in [-0.1, -0.05) is 13.8 Å². The third-order valence-corrected chi connectivity index (χ3v) is 3.92. The Labute approximate surface area is 134 Å². The molecule has 2 aromatic rings. The maximum Gasteiger partial charge on any atom is 0.161 e. The summed E-state index contributed by atoms with van der Waals surface area (Å²) in [5, 5.41) is 3.38. The van der Waals surface area contributed by atoms with Gasteiger partial charge >= 0.3 is 0 Å². The Morgan fingerprint density at radius 3 is 2.43 bits per heavy atom. The second kappa shape index (κ2) is 7.09. The smallest absolute Gasteiger partial charge is 0.161 e. The van der Waals surface area contributed by atoms with Crippen molar-refractivity contribution in [3.63, 3.8) is 0 Å². The van der Waals surface area contributed by atoms with Crippen LogP contribution in [-0.2, 0) is 0 Å². The molecule has 0 amide bonds. The monoisotopic (exact) mass is 348 g/mol. The van der Waals surface area contributed by atoms with Crippen molar-refractivity contribution < 1.29 is 0 Å². The molecular weight excluding hydrogens is 328 g/mol. The first kappa shape index (κ1) is 16.0. The largest absolute Gasteiger partial charge is 0.316 e. The van der Waals surface area contributed by atoms with Gasteiger partial charge < -0.3 is 5.32 Å². The van der Waals surface area contributed by atoms with Gasteiger partial charge in [-0.15, -0.1) is 0 Å². The number of rotatable bonds is 5. The summed E-state index contributed by atoms with van der Waals surface area (Å²) in [5.74, 6) is 1.14. The predicted octanol–water partition coefficient (Wildman–Crippen LogP) is 3.63. The molecule has 0 saturated carbocycles. The van der Waals surface area contributed by atoms with Gasteiger partial charge in [0.2, 0.25) is 0 Å². The summed E-state index contributed by atoms with van der Waals surface area (Å²) in [4.78, 5) is 13.5. The summed E-state index contributed by atoms with van der Waals surface area (Å²) in [6.45, 7) is 10.4. The summed E-state index contributed by atoms with van der Waals surface area (Å²) >= 11 is 3.44. The summed E-state index contributed by atoms with van der Waals surface area (Å²) in [6.07, 6.45) is 3.55. The number of halogens is 1. The molecule has 2 aromatic heterocycles. The van der Waals surface area contributed by atoms with E-state index >= 15 is 0 Å². The SMILES string of the molecule is CCNCC(C)c1c(C)nc(-c2cncc(Br)c2)nc1C. The van der Waals surface area contributed by atoms with E-state index in [4.69, 9.17) is 0 Å². The highest BCUT2D eigenvalue weighted by atomic mass is 79.9. The molecule has 5 heteroatoms. The van der Waals surface area contributed by atoms with Gasteiger partial charge in [-0.25, -0.2) is 9.97 Å². The van der Waals surface area contributed by atoms with Crippen LogP contribution in [-0.4, -0.2) is 28.0 Å². The van der Waals surface area contributed by atoms with E-state index < -0.39 is 0 Å². The van der Waals surface area contributed by atoms with E-state index in [1.54, 1.807) is 12.4 Å². The molecule has 0 aromatic carbocycles. The number of aromatic nitrogens is 3. The first-order chi connectivity index (χ1) is 10.0. The van der Waals surface area contributed by atoms with Crippen LogP contribution in [0.4, 0.5) is 0 Å². The fraction of sp³-hybridized carbons (Fsp3) is 0.438. The molecule has 4 nitrogen and oxygen atoms in total. The Bertz CT molecular complexity index is 604. The zero-order valence-corrected chi connectivity index (χ0v) is 14.5. The zero-order chi connectivity index (χ0) is 15.4. The molecule has 0 fully saturated rings.